The van der Waals surface area contributed by atoms with Crippen molar-refractivity contribution in [2.45, 2.75) is 0 Å². The minimum Gasteiger partial charge on any atom is -0.447 e. The fourth-order valence-corrected chi connectivity index (χ4v) is 2.30. The van der Waals surface area contributed by atoms with E-state index in [4.69, 9.17) is 4.74 Å². The van der Waals surface area contributed by atoms with Crippen LogP contribution in [0.2, 0.25) is 0 Å². The van der Waals surface area contributed by atoms with E-state index >= 15 is 0 Å². The zero-order chi connectivity index (χ0) is 10.7. The van der Waals surface area contributed by atoms with Gasteiger partial charge in [-0.25, -0.2) is 0 Å². The van der Waals surface area contributed by atoms with Gasteiger partial charge in [-0.1, -0.05) is 17.4 Å². The molecule has 0 fully saturated rings. The Kier molecular flexibility index (Phi) is 3.37. The zero-order valence-corrected chi connectivity index (χ0v) is 10.6. The number of aldehydes is 1. The lowest BCUT2D eigenvalue weighted by atomic mass is 10.3. The van der Waals surface area contributed by atoms with E-state index in [1.54, 1.807) is 12.1 Å². The van der Waals surface area contributed by atoms with Gasteiger partial charge in [-0.05, 0) is 52.9 Å². The van der Waals surface area contributed by atoms with E-state index in [2.05, 4.69) is 22.6 Å². The Balaban J connectivity index is 2.18. The molecule has 1 aromatic carbocycles. The SMILES string of the molecule is O=Cc1ccc(Oc2cccc(I)c2)s1. The van der Waals surface area contributed by atoms with E-state index in [1.807, 2.05) is 24.3 Å². The average molecular weight is 330 g/mol. The molecule has 15 heavy (non-hydrogen) atoms. The lowest BCUT2D eigenvalue weighted by Crippen LogP contribution is -1.80. The normalized spacial score (nSPS) is 9.93. The summed E-state index contributed by atoms with van der Waals surface area (Å²) in [6.07, 6.45) is 0.826. The van der Waals surface area contributed by atoms with Crippen LogP contribution in [0, 0.1) is 3.57 Å². The molecule has 0 amide bonds. The minimum atomic E-state index is 0.677. The molecule has 4 heteroatoms. The Hall–Kier alpha value is -0.880. The predicted octanol–water partition coefficient (Wildman–Crippen LogP) is 3.96. The first-order chi connectivity index (χ1) is 7.28. The quantitative estimate of drug-likeness (QED) is 0.629. The summed E-state index contributed by atoms with van der Waals surface area (Å²) >= 11 is 3.57. The number of thiophene rings is 1. The summed E-state index contributed by atoms with van der Waals surface area (Å²) in [5, 5.41) is 0.735. The van der Waals surface area contributed by atoms with Crippen molar-refractivity contribution in [3.63, 3.8) is 0 Å². The third-order valence-electron chi connectivity index (χ3n) is 1.73. The van der Waals surface area contributed by atoms with E-state index in [0.29, 0.717) is 4.88 Å². The molecule has 0 unspecified atom stereocenters. The topological polar surface area (TPSA) is 26.3 Å². The van der Waals surface area contributed by atoms with E-state index in [9.17, 15) is 4.79 Å². The maximum Gasteiger partial charge on any atom is 0.181 e. The summed E-state index contributed by atoms with van der Waals surface area (Å²) < 4.78 is 6.72. The number of hydrogen-bond acceptors (Lipinski definition) is 3. The number of rotatable bonds is 3. The van der Waals surface area contributed by atoms with Gasteiger partial charge in [-0.3, -0.25) is 4.79 Å². The van der Waals surface area contributed by atoms with Crippen LogP contribution in [0.3, 0.4) is 0 Å². The van der Waals surface area contributed by atoms with E-state index < -0.39 is 0 Å². The van der Waals surface area contributed by atoms with Crippen molar-refractivity contribution in [2.75, 3.05) is 0 Å². The molecule has 76 valence electrons. The van der Waals surface area contributed by atoms with Crippen molar-refractivity contribution >= 4 is 40.2 Å². The maximum atomic E-state index is 10.5. The van der Waals surface area contributed by atoms with Crippen molar-refractivity contribution in [3.05, 3.63) is 44.8 Å². The van der Waals surface area contributed by atoms with Crippen LogP contribution in [0.5, 0.6) is 10.8 Å². The van der Waals surface area contributed by atoms with Gasteiger partial charge in [0.25, 0.3) is 0 Å². The second-order valence-corrected chi connectivity index (χ2v) is 5.16. The van der Waals surface area contributed by atoms with E-state index in [-0.39, 0.29) is 0 Å². The molecular weight excluding hydrogens is 323 g/mol. The van der Waals surface area contributed by atoms with Crippen LogP contribution < -0.4 is 4.74 Å². The summed E-state index contributed by atoms with van der Waals surface area (Å²) in [5.74, 6) is 0.793. The molecule has 2 rings (SSSR count). The lowest BCUT2D eigenvalue weighted by molar-refractivity contribution is 0.112. The standard InChI is InChI=1S/C11H7IO2S/c12-8-2-1-3-9(6-8)14-11-5-4-10(7-13)15-11/h1-7H. The molecule has 0 atom stereocenters. The molecule has 0 N–H and O–H groups in total. The summed E-state index contributed by atoms with van der Waals surface area (Å²) in [6.45, 7) is 0. The number of ether oxygens (including phenoxy) is 1. The van der Waals surface area contributed by atoms with Crippen molar-refractivity contribution in [2.24, 2.45) is 0 Å². The number of hydrogen-bond donors (Lipinski definition) is 0. The molecule has 0 aliphatic heterocycles. The highest BCUT2D eigenvalue weighted by molar-refractivity contribution is 14.1. The van der Waals surface area contributed by atoms with Crippen molar-refractivity contribution in [1.29, 1.82) is 0 Å². The smallest absolute Gasteiger partial charge is 0.181 e. The van der Waals surface area contributed by atoms with Crippen LogP contribution in [0.4, 0.5) is 0 Å². The molecule has 0 saturated carbocycles. The minimum absolute atomic E-state index is 0.677. The Morgan fingerprint density at radius 3 is 2.80 bits per heavy atom. The highest BCUT2D eigenvalue weighted by atomic mass is 127. The summed E-state index contributed by atoms with van der Waals surface area (Å²) in [6, 6.07) is 11.3. The molecular formula is C11H7IO2S. The molecule has 0 radical (unpaired) electrons. The Morgan fingerprint density at radius 2 is 2.13 bits per heavy atom. The molecule has 1 aromatic heterocycles. The number of carbonyl (C=O) groups excluding carboxylic acids is 1. The van der Waals surface area contributed by atoms with E-state index in [1.165, 1.54) is 11.3 Å². The van der Waals surface area contributed by atoms with E-state index in [0.717, 1.165) is 20.7 Å². The first-order valence-electron chi connectivity index (χ1n) is 4.26. The number of benzene rings is 1. The summed E-state index contributed by atoms with van der Waals surface area (Å²) in [7, 11) is 0. The fourth-order valence-electron chi connectivity index (χ4n) is 1.10. The second-order valence-electron chi connectivity index (χ2n) is 2.83. The van der Waals surface area contributed by atoms with Crippen LogP contribution in [0.15, 0.2) is 36.4 Å². The molecule has 1 heterocycles. The predicted molar refractivity (Wildman–Crippen MR) is 68.9 cm³/mol. The lowest BCUT2D eigenvalue weighted by Gasteiger charge is -2.01. The fraction of sp³-hybridized carbons (Fsp3) is 0. The van der Waals surface area contributed by atoms with Gasteiger partial charge in [-0.2, -0.15) is 0 Å². The van der Waals surface area contributed by atoms with Crippen molar-refractivity contribution < 1.29 is 9.53 Å². The molecule has 0 aliphatic carbocycles. The van der Waals surface area contributed by atoms with Crippen LogP contribution >= 0.6 is 33.9 Å². The van der Waals surface area contributed by atoms with Gasteiger partial charge in [-0.15, -0.1) is 0 Å². The third-order valence-corrected chi connectivity index (χ3v) is 3.29. The van der Waals surface area contributed by atoms with Gasteiger partial charge in [0.2, 0.25) is 0 Å². The van der Waals surface area contributed by atoms with Gasteiger partial charge in [0, 0.05) is 3.57 Å². The Labute approximate surface area is 105 Å². The molecule has 0 saturated heterocycles. The molecule has 0 bridgehead atoms. The highest BCUT2D eigenvalue weighted by Gasteiger charge is 2.01. The molecule has 2 nitrogen and oxygen atoms in total. The Morgan fingerprint density at radius 1 is 1.27 bits per heavy atom. The second kappa shape index (κ2) is 4.76. The maximum absolute atomic E-state index is 10.5. The first-order valence-corrected chi connectivity index (χ1v) is 6.16. The summed E-state index contributed by atoms with van der Waals surface area (Å²) in [5.41, 5.74) is 0. The van der Waals surface area contributed by atoms with Gasteiger partial charge in [0.1, 0.15) is 5.75 Å². The van der Waals surface area contributed by atoms with Gasteiger partial charge < -0.3 is 4.74 Å². The number of halogens is 1. The first kappa shape index (κ1) is 10.6. The molecule has 0 aliphatic rings. The molecule has 2 aromatic rings. The van der Waals surface area contributed by atoms with Crippen molar-refractivity contribution in [1.82, 2.24) is 0 Å². The van der Waals surface area contributed by atoms with Crippen LogP contribution in [0.25, 0.3) is 0 Å². The van der Waals surface area contributed by atoms with Crippen LogP contribution in [0.1, 0.15) is 9.67 Å². The van der Waals surface area contributed by atoms with Crippen LogP contribution in [-0.2, 0) is 0 Å². The third kappa shape index (κ3) is 2.79. The van der Waals surface area contributed by atoms with Gasteiger partial charge in [0.15, 0.2) is 11.3 Å². The largest absolute Gasteiger partial charge is 0.447 e. The number of carbonyl (C=O) groups is 1. The zero-order valence-electron chi connectivity index (χ0n) is 7.64. The van der Waals surface area contributed by atoms with Gasteiger partial charge in [0.05, 0.1) is 4.88 Å². The van der Waals surface area contributed by atoms with Gasteiger partial charge >= 0.3 is 0 Å². The van der Waals surface area contributed by atoms with Crippen molar-refractivity contribution in [3.8, 4) is 10.8 Å². The summed E-state index contributed by atoms with van der Waals surface area (Å²) in [4.78, 5) is 11.2. The average Bonchev–Trinajstić information content (AvgIpc) is 2.65. The van der Waals surface area contributed by atoms with Crippen LogP contribution in [-0.4, -0.2) is 6.29 Å². The molecule has 0 spiro atoms. The Bertz CT molecular complexity index is 479. The monoisotopic (exact) mass is 330 g/mol. The highest BCUT2D eigenvalue weighted by Crippen LogP contribution is 2.29.